The van der Waals surface area contributed by atoms with Crippen LogP contribution in [0.3, 0.4) is 0 Å². The minimum atomic E-state index is -0.727. The van der Waals surface area contributed by atoms with Crippen molar-refractivity contribution in [2.75, 3.05) is 13.7 Å². The Morgan fingerprint density at radius 3 is 2.13 bits per heavy atom. The molecule has 0 unspecified atom stereocenters. The van der Waals surface area contributed by atoms with Gasteiger partial charge in [-0.05, 0) is 42.8 Å². The number of benzene rings is 3. The third-order valence-corrected chi connectivity index (χ3v) is 5.04. The number of carbonyl (C=O) groups excluding carboxylic acids is 3. The molecule has 0 N–H and O–H groups in total. The Labute approximate surface area is 186 Å². The zero-order valence-electron chi connectivity index (χ0n) is 17.3. The van der Waals surface area contributed by atoms with Gasteiger partial charge in [-0.1, -0.05) is 59.6 Å². The van der Waals surface area contributed by atoms with E-state index in [0.717, 1.165) is 11.1 Å². The Kier molecular flexibility index (Phi) is 7.21. The second-order valence-corrected chi connectivity index (χ2v) is 7.63. The lowest BCUT2D eigenvalue weighted by Crippen LogP contribution is -2.31. The van der Waals surface area contributed by atoms with Crippen LogP contribution in [0.1, 0.15) is 37.4 Å². The van der Waals surface area contributed by atoms with Crippen molar-refractivity contribution in [3.63, 3.8) is 0 Å². The molecule has 3 rings (SSSR count). The van der Waals surface area contributed by atoms with Crippen LogP contribution in [0.15, 0.2) is 72.8 Å². The SMILES string of the molecule is Cc1ccc(CN(C)C(=O)COC(=O)c2ccccc2C(=O)c2ccc(Cl)cc2)cc1. The van der Waals surface area contributed by atoms with Gasteiger partial charge in [0, 0.05) is 29.7 Å². The van der Waals surface area contributed by atoms with Crippen molar-refractivity contribution >= 4 is 29.3 Å². The summed E-state index contributed by atoms with van der Waals surface area (Å²) in [4.78, 5) is 39.3. The Bertz CT molecular complexity index is 1090. The highest BCUT2D eigenvalue weighted by atomic mass is 35.5. The fourth-order valence-corrected chi connectivity index (χ4v) is 3.11. The number of hydrogen-bond donors (Lipinski definition) is 0. The number of esters is 1. The number of halogens is 1. The topological polar surface area (TPSA) is 63.7 Å². The molecule has 1 amide bonds. The number of amides is 1. The maximum atomic E-state index is 12.8. The highest BCUT2D eigenvalue weighted by Gasteiger charge is 2.20. The van der Waals surface area contributed by atoms with E-state index in [4.69, 9.17) is 16.3 Å². The molecule has 3 aromatic carbocycles. The fourth-order valence-electron chi connectivity index (χ4n) is 2.99. The predicted molar refractivity (Wildman–Crippen MR) is 119 cm³/mol. The van der Waals surface area contributed by atoms with E-state index in [2.05, 4.69) is 0 Å². The molecule has 0 spiro atoms. The summed E-state index contributed by atoms with van der Waals surface area (Å²) >= 11 is 5.88. The second-order valence-electron chi connectivity index (χ2n) is 7.19. The number of hydrogen-bond acceptors (Lipinski definition) is 4. The molecule has 0 aliphatic carbocycles. The first kappa shape index (κ1) is 22.2. The normalized spacial score (nSPS) is 10.4. The van der Waals surface area contributed by atoms with Crippen LogP contribution in [0.25, 0.3) is 0 Å². The van der Waals surface area contributed by atoms with Gasteiger partial charge in [-0.15, -0.1) is 0 Å². The van der Waals surface area contributed by atoms with Crippen molar-refractivity contribution in [1.82, 2.24) is 4.90 Å². The average molecular weight is 436 g/mol. The number of aryl methyl sites for hydroxylation is 1. The fraction of sp³-hybridized carbons (Fsp3) is 0.160. The molecule has 0 radical (unpaired) electrons. The first-order valence-electron chi connectivity index (χ1n) is 9.71. The van der Waals surface area contributed by atoms with E-state index in [1.165, 1.54) is 11.0 Å². The summed E-state index contributed by atoms with van der Waals surface area (Å²) < 4.78 is 5.21. The predicted octanol–water partition coefficient (Wildman–Crippen LogP) is 4.69. The molecular weight excluding hydrogens is 414 g/mol. The van der Waals surface area contributed by atoms with Crippen molar-refractivity contribution in [2.45, 2.75) is 13.5 Å². The van der Waals surface area contributed by atoms with E-state index >= 15 is 0 Å². The summed E-state index contributed by atoms with van der Waals surface area (Å²) in [5.74, 6) is -1.39. The molecule has 0 saturated heterocycles. The Morgan fingerprint density at radius 1 is 0.871 bits per heavy atom. The van der Waals surface area contributed by atoms with Gasteiger partial charge in [-0.2, -0.15) is 0 Å². The zero-order chi connectivity index (χ0) is 22.4. The van der Waals surface area contributed by atoms with Crippen LogP contribution in [0.2, 0.25) is 5.02 Å². The van der Waals surface area contributed by atoms with Crippen molar-refractivity contribution in [3.8, 4) is 0 Å². The lowest BCUT2D eigenvalue weighted by Gasteiger charge is -2.17. The van der Waals surface area contributed by atoms with Crippen LogP contribution >= 0.6 is 11.6 Å². The van der Waals surface area contributed by atoms with Crippen LogP contribution in [0, 0.1) is 6.92 Å². The third-order valence-electron chi connectivity index (χ3n) is 4.79. The van der Waals surface area contributed by atoms with E-state index < -0.39 is 12.6 Å². The minimum Gasteiger partial charge on any atom is -0.452 e. The van der Waals surface area contributed by atoms with Crippen LogP contribution in [-0.2, 0) is 16.1 Å². The molecule has 0 aliphatic heterocycles. The summed E-state index contributed by atoms with van der Waals surface area (Å²) in [6.45, 7) is 1.99. The maximum absolute atomic E-state index is 12.8. The quantitative estimate of drug-likeness (QED) is 0.399. The van der Waals surface area contributed by atoms with Gasteiger partial charge < -0.3 is 9.64 Å². The van der Waals surface area contributed by atoms with Gasteiger partial charge >= 0.3 is 5.97 Å². The number of ether oxygens (including phenoxy) is 1. The van der Waals surface area contributed by atoms with E-state index in [-0.39, 0.29) is 22.8 Å². The van der Waals surface area contributed by atoms with Crippen molar-refractivity contribution in [2.24, 2.45) is 0 Å². The lowest BCUT2D eigenvalue weighted by molar-refractivity contribution is -0.133. The summed E-state index contributed by atoms with van der Waals surface area (Å²) in [6, 6.07) is 20.6. The van der Waals surface area contributed by atoms with Gasteiger partial charge in [0.2, 0.25) is 0 Å². The molecule has 0 saturated carbocycles. The Balaban J connectivity index is 1.65. The number of carbonyl (C=O) groups is 3. The standard InChI is InChI=1S/C25H22ClNO4/c1-17-7-9-18(10-8-17)15-27(2)23(28)16-31-25(30)22-6-4-3-5-21(22)24(29)19-11-13-20(26)14-12-19/h3-14H,15-16H2,1-2H3. The van der Waals surface area contributed by atoms with Gasteiger partial charge in [0.25, 0.3) is 5.91 Å². The molecule has 0 fully saturated rings. The third kappa shape index (κ3) is 5.80. The first-order chi connectivity index (χ1) is 14.8. The molecule has 5 nitrogen and oxygen atoms in total. The highest BCUT2D eigenvalue weighted by molar-refractivity contribution is 6.30. The smallest absolute Gasteiger partial charge is 0.339 e. The number of likely N-dealkylation sites (N-methyl/N-ethyl adjacent to an activating group) is 1. The molecule has 158 valence electrons. The summed E-state index contributed by atoms with van der Waals surface area (Å²) in [6.07, 6.45) is 0. The van der Waals surface area contributed by atoms with Gasteiger partial charge in [0.15, 0.2) is 12.4 Å². The molecule has 0 heterocycles. The Morgan fingerprint density at radius 2 is 1.48 bits per heavy atom. The van der Waals surface area contributed by atoms with Gasteiger partial charge in [0.05, 0.1) is 5.56 Å². The van der Waals surface area contributed by atoms with Gasteiger partial charge in [-0.3, -0.25) is 9.59 Å². The van der Waals surface area contributed by atoms with Crippen molar-refractivity contribution in [3.05, 3.63) is 106 Å². The van der Waals surface area contributed by atoms with Gasteiger partial charge in [0.1, 0.15) is 0 Å². The number of nitrogens with zero attached hydrogens (tertiary/aromatic N) is 1. The molecule has 3 aromatic rings. The molecule has 0 aromatic heterocycles. The molecular formula is C25H22ClNO4. The number of ketones is 1. The average Bonchev–Trinajstić information content (AvgIpc) is 2.78. The number of rotatable bonds is 7. The first-order valence-corrected chi connectivity index (χ1v) is 10.1. The Hall–Kier alpha value is -3.44. The monoisotopic (exact) mass is 435 g/mol. The van der Waals surface area contributed by atoms with Crippen LogP contribution in [0.4, 0.5) is 0 Å². The van der Waals surface area contributed by atoms with Crippen molar-refractivity contribution in [1.29, 1.82) is 0 Å². The lowest BCUT2D eigenvalue weighted by atomic mass is 9.98. The minimum absolute atomic E-state index is 0.108. The summed E-state index contributed by atoms with van der Waals surface area (Å²) in [5.41, 5.74) is 2.83. The van der Waals surface area contributed by atoms with E-state index in [0.29, 0.717) is 17.1 Å². The van der Waals surface area contributed by atoms with E-state index in [1.807, 2.05) is 31.2 Å². The molecule has 6 heteroatoms. The maximum Gasteiger partial charge on any atom is 0.339 e. The molecule has 0 atom stereocenters. The van der Waals surface area contributed by atoms with Crippen LogP contribution in [-0.4, -0.2) is 36.2 Å². The zero-order valence-corrected chi connectivity index (χ0v) is 18.1. The molecule has 0 aliphatic rings. The van der Waals surface area contributed by atoms with Gasteiger partial charge in [-0.25, -0.2) is 4.79 Å². The van der Waals surface area contributed by atoms with Crippen LogP contribution < -0.4 is 0 Å². The summed E-state index contributed by atoms with van der Waals surface area (Å²) in [7, 11) is 1.65. The van der Waals surface area contributed by atoms with E-state index in [9.17, 15) is 14.4 Å². The summed E-state index contributed by atoms with van der Waals surface area (Å²) in [5, 5.41) is 0.512. The second kappa shape index (κ2) is 10.0. The van der Waals surface area contributed by atoms with E-state index in [1.54, 1.807) is 49.5 Å². The van der Waals surface area contributed by atoms with Crippen LogP contribution in [0.5, 0.6) is 0 Å². The molecule has 31 heavy (non-hydrogen) atoms. The van der Waals surface area contributed by atoms with Crippen molar-refractivity contribution < 1.29 is 19.1 Å². The largest absolute Gasteiger partial charge is 0.452 e. The highest BCUT2D eigenvalue weighted by Crippen LogP contribution is 2.18. The molecule has 0 bridgehead atoms.